The minimum Gasteiger partial charge on any atom is -0.374 e. The van der Waals surface area contributed by atoms with Gasteiger partial charge in [0.2, 0.25) is 0 Å². The average Bonchev–Trinajstić information content (AvgIpc) is 2.65. The highest BCUT2D eigenvalue weighted by Crippen LogP contribution is 2.27. The van der Waals surface area contributed by atoms with Gasteiger partial charge in [-0.05, 0) is 49.2 Å². The van der Waals surface area contributed by atoms with Crippen molar-refractivity contribution >= 4 is 17.1 Å². The fraction of sp³-hybridized carbons (Fsp3) is 0.400. The Hall–Kier alpha value is -2.20. The highest BCUT2D eigenvalue weighted by atomic mass is 16.3. The first-order valence-electron chi connectivity index (χ1n) is 8.89. The Morgan fingerprint density at radius 3 is 2.04 bits per heavy atom. The van der Waals surface area contributed by atoms with Gasteiger partial charge in [0.1, 0.15) is 6.23 Å². The molecule has 0 saturated heterocycles. The molecule has 1 aliphatic carbocycles. The van der Waals surface area contributed by atoms with Crippen molar-refractivity contribution in [2.24, 2.45) is 5.92 Å². The SMILES string of the molecule is OC(Nc1ccc(NCNc2ccccc2)cc1)C1CCCCC1. The monoisotopic (exact) mass is 325 g/mol. The quantitative estimate of drug-likeness (QED) is 0.567. The zero-order valence-corrected chi connectivity index (χ0v) is 14.0. The summed E-state index contributed by atoms with van der Waals surface area (Å²) in [6.45, 7) is 0.668. The van der Waals surface area contributed by atoms with Gasteiger partial charge in [-0.3, -0.25) is 0 Å². The molecule has 1 unspecified atom stereocenters. The minimum absolute atomic E-state index is 0.381. The molecule has 0 amide bonds. The summed E-state index contributed by atoms with van der Waals surface area (Å²) in [4.78, 5) is 0. The summed E-state index contributed by atoms with van der Waals surface area (Å²) in [6.07, 6.45) is 5.59. The van der Waals surface area contributed by atoms with Crippen molar-refractivity contribution in [3.8, 4) is 0 Å². The van der Waals surface area contributed by atoms with E-state index in [-0.39, 0.29) is 0 Å². The molecule has 1 aliphatic rings. The van der Waals surface area contributed by atoms with Crippen LogP contribution in [0.2, 0.25) is 0 Å². The number of para-hydroxylation sites is 1. The normalized spacial score (nSPS) is 16.4. The lowest BCUT2D eigenvalue weighted by Gasteiger charge is -2.27. The number of rotatable bonds is 7. The zero-order valence-electron chi connectivity index (χ0n) is 14.0. The first kappa shape index (κ1) is 16.7. The molecule has 4 nitrogen and oxygen atoms in total. The van der Waals surface area contributed by atoms with Crippen LogP contribution in [0.15, 0.2) is 54.6 Å². The van der Waals surface area contributed by atoms with Crippen LogP contribution in [0.25, 0.3) is 0 Å². The third kappa shape index (κ3) is 4.90. The van der Waals surface area contributed by atoms with Crippen molar-refractivity contribution in [2.75, 3.05) is 22.6 Å². The van der Waals surface area contributed by atoms with Crippen LogP contribution in [0.4, 0.5) is 17.1 Å². The molecular weight excluding hydrogens is 298 g/mol. The molecule has 0 spiro atoms. The zero-order chi connectivity index (χ0) is 16.6. The average molecular weight is 325 g/mol. The van der Waals surface area contributed by atoms with Gasteiger partial charge in [-0.2, -0.15) is 0 Å². The van der Waals surface area contributed by atoms with Gasteiger partial charge in [0.05, 0.1) is 6.67 Å². The van der Waals surface area contributed by atoms with Crippen LogP contribution < -0.4 is 16.0 Å². The van der Waals surface area contributed by atoms with Gasteiger partial charge >= 0.3 is 0 Å². The Morgan fingerprint density at radius 2 is 1.38 bits per heavy atom. The van der Waals surface area contributed by atoms with Gasteiger partial charge in [0, 0.05) is 23.0 Å². The largest absolute Gasteiger partial charge is 0.374 e. The summed E-state index contributed by atoms with van der Waals surface area (Å²) in [5.74, 6) is 0.381. The molecule has 4 heteroatoms. The van der Waals surface area contributed by atoms with E-state index in [0.717, 1.165) is 29.9 Å². The van der Waals surface area contributed by atoms with Crippen molar-refractivity contribution in [3.63, 3.8) is 0 Å². The van der Waals surface area contributed by atoms with E-state index >= 15 is 0 Å². The van der Waals surface area contributed by atoms with E-state index in [1.165, 1.54) is 19.3 Å². The van der Waals surface area contributed by atoms with Crippen molar-refractivity contribution in [3.05, 3.63) is 54.6 Å². The Morgan fingerprint density at radius 1 is 0.792 bits per heavy atom. The molecule has 1 fully saturated rings. The molecule has 128 valence electrons. The summed E-state index contributed by atoms with van der Waals surface area (Å²) in [6, 6.07) is 18.2. The van der Waals surface area contributed by atoms with Crippen molar-refractivity contribution < 1.29 is 5.11 Å². The van der Waals surface area contributed by atoms with Crippen molar-refractivity contribution in [1.82, 2.24) is 0 Å². The second-order valence-corrected chi connectivity index (χ2v) is 6.46. The number of nitrogens with one attached hydrogen (secondary N) is 3. The highest BCUT2D eigenvalue weighted by molar-refractivity contribution is 5.54. The van der Waals surface area contributed by atoms with Gasteiger partial charge in [-0.25, -0.2) is 0 Å². The van der Waals surface area contributed by atoms with Crippen LogP contribution in [0.5, 0.6) is 0 Å². The van der Waals surface area contributed by atoms with E-state index < -0.39 is 6.23 Å². The molecule has 3 rings (SSSR count). The molecule has 0 aromatic heterocycles. The number of hydrogen-bond acceptors (Lipinski definition) is 4. The van der Waals surface area contributed by atoms with Crippen LogP contribution in [0, 0.1) is 5.92 Å². The van der Waals surface area contributed by atoms with E-state index in [1.54, 1.807) is 0 Å². The standard InChI is InChI=1S/C20H27N3O/c24-20(16-7-3-1-4-8-16)23-19-13-11-18(12-14-19)22-15-21-17-9-5-2-6-10-17/h2,5-6,9-14,16,20-24H,1,3-4,7-8,15H2. The molecule has 0 aliphatic heterocycles. The Balaban J connectivity index is 1.44. The van der Waals surface area contributed by atoms with E-state index in [9.17, 15) is 5.11 Å². The summed E-state index contributed by atoms with van der Waals surface area (Å²) in [5.41, 5.74) is 3.12. The summed E-state index contributed by atoms with van der Waals surface area (Å²) in [5, 5.41) is 20.2. The number of hydrogen-bond donors (Lipinski definition) is 4. The lowest BCUT2D eigenvalue weighted by atomic mass is 9.88. The molecular formula is C20H27N3O. The van der Waals surface area contributed by atoms with Crippen LogP contribution in [-0.4, -0.2) is 18.0 Å². The third-order valence-electron chi connectivity index (χ3n) is 4.65. The number of aliphatic hydroxyl groups excluding tert-OH is 1. The number of benzene rings is 2. The number of anilines is 3. The van der Waals surface area contributed by atoms with Crippen LogP contribution >= 0.6 is 0 Å². The molecule has 0 radical (unpaired) electrons. The Labute approximate surface area is 144 Å². The van der Waals surface area contributed by atoms with Crippen LogP contribution in [-0.2, 0) is 0 Å². The lowest BCUT2D eigenvalue weighted by molar-refractivity contribution is 0.109. The van der Waals surface area contributed by atoms with E-state index in [2.05, 4.69) is 16.0 Å². The number of aliphatic hydroxyl groups is 1. The van der Waals surface area contributed by atoms with E-state index in [4.69, 9.17) is 0 Å². The first-order chi connectivity index (χ1) is 11.8. The Bertz CT molecular complexity index is 594. The van der Waals surface area contributed by atoms with Crippen LogP contribution in [0.3, 0.4) is 0 Å². The topological polar surface area (TPSA) is 56.3 Å². The third-order valence-corrected chi connectivity index (χ3v) is 4.65. The molecule has 0 bridgehead atoms. The fourth-order valence-corrected chi connectivity index (χ4v) is 3.23. The van der Waals surface area contributed by atoms with Crippen molar-refractivity contribution in [1.29, 1.82) is 0 Å². The smallest absolute Gasteiger partial charge is 0.127 e. The predicted molar refractivity (Wildman–Crippen MR) is 101 cm³/mol. The molecule has 0 heterocycles. The van der Waals surface area contributed by atoms with E-state index in [1.807, 2.05) is 54.6 Å². The van der Waals surface area contributed by atoms with Crippen molar-refractivity contribution in [2.45, 2.75) is 38.3 Å². The molecule has 24 heavy (non-hydrogen) atoms. The second-order valence-electron chi connectivity index (χ2n) is 6.46. The minimum atomic E-state index is -0.441. The van der Waals surface area contributed by atoms with Gasteiger partial charge in [-0.1, -0.05) is 37.5 Å². The lowest BCUT2D eigenvalue weighted by Crippen LogP contribution is -2.30. The molecule has 1 atom stereocenters. The molecule has 4 N–H and O–H groups in total. The molecule has 2 aromatic rings. The van der Waals surface area contributed by atoms with Gasteiger partial charge < -0.3 is 21.1 Å². The fourth-order valence-electron chi connectivity index (χ4n) is 3.23. The maximum absolute atomic E-state index is 10.3. The first-order valence-corrected chi connectivity index (χ1v) is 8.89. The maximum atomic E-state index is 10.3. The summed E-state index contributed by atoms with van der Waals surface area (Å²) >= 11 is 0. The van der Waals surface area contributed by atoms with Crippen LogP contribution in [0.1, 0.15) is 32.1 Å². The highest BCUT2D eigenvalue weighted by Gasteiger charge is 2.21. The van der Waals surface area contributed by atoms with E-state index in [0.29, 0.717) is 12.6 Å². The van der Waals surface area contributed by atoms with Gasteiger partial charge in [0.15, 0.2) is 0 Å². The predicted octanol–water partition coefficient (Wildman–Crippen LogP) is 4.48. The second kappa shape index (κ2) is 8.60. The summed E-state index contributed by atoms with van der Waals surface area (Å²) < 4.78 is 0. The Kier molecular flexibility index (Phi) is 5.96. The van der Waals surface area contributed by atoms with Gasteiger partial charge in [0.25, 0.3) is 0 Å². The maximum Gasteiger partial charge on any atom is 0.127 e. The molecule has 2 aromatic carbocycles. The summed E-state index contributed by atoms with van der Waals surface area (Å²) in [7, 11) is 0. The van der Waals surface area contributed by atoms with Gasteiger partial charge in [-0.15, -0.1) is 0 Å². The molecule has 1 saturated carbocycles.